The molecule has 0 saturated carbocycles. The van der Waals surface area contributed by atoms with Crippen molar-refractivity contribution in [2.75, 3.05) is 7.05 Å². The van der Waals surface area contributed by atoms with Crippen LogP contribution in [0.2, 0.25) is 0 Å². The lowest BCUT2D eigenvalue weighted by Crippen LogP contribution is -2.30. The monoisotopic (exact) mass is 409 g/mol. The first-order valence-corrected chi connectivity index (χ1v) is 10.7. The number of carbonyl (C=O) groups excluding carboxylic acids is 1. The minimum Gasteiger partial charge on any atom is -0.333 e. The van der Waals surface area contributed by atoms with Crippen molar-refractivity contribution in [1.29, 1.82) is 0 Å². The molecule has 7 heteroatoms. The predicted octanol–water partition coefficient (Wildman–Crippen LogP) is 3.39. The van der Waals surface area contributed by atoms with Gasteiger partial charge in [-0.1, -0.05) is 42.5 Å². The molecule has 1 aromatic heterocycles. The highest BCUT2D eigenvalue weighted by Gasteiger charge is 2.22. The fourth-order valence-electron chi connectivity index (χ4n) is 2.85. The van der Waals surface area contributed by atoms with Crippen LogP contribution in [0.4, 0.5) is 0 Å². The lowest BCUT2D eigenvalue weighted by Gasteiger charge is -2.24. The fourth-order valence-corrected chi connectivity index (χ4v) is 3.92. The topological polar surface area (TPSA) is 79.4 Å². The van der Waals surface area contributed by atoms with Crippen molar-refractivity contribution in [3.63, 3.8) is 0 Å². The highest BCUT2D eigenvalue weighted by atomic mass is 32.2. The molecular formula is C22H23N3O3S. The van der Waals surface area contributed by atoms with Crippen molar-refractivity contribution >= 4 is 15.9 Å². The molecule has 3 aromatic rings. The zero-order valence-corrected chi connectivity index (χ0v) is 17.1. The molecule has 1 atom stereocenters. The first-order chi connectivity index (χ1) is 13.9. The van der Waals surface area contributed by atoms with Gasteiger partial charge in [-0.2, -0.15) is 0 Å². The third-order valence-electron chi connectivity index (χ3n) is 4.72. The number of rotatable bonds is 7. The van der Waals surface area contributed by atoms with Crippen molar-refractivity contribution in [3.05, 3.63) is 95.8 Å². The minimum atomic E-state index is -3.75. The smallest absolute Gasteiger partial charge is 0.254 e. The number of pyridine rings is 1. The first-order valence-electron chi connectivity index (χ1n) is 9.20. The molecule has 150 valence electrons. The molecular weight excluding hydrogens is 386 g/mol. The number of nitrogens with one attached hydrogen (secondary N) is 1. The Morgan fingerprint density at radius 2 is 1.76 bits per heavy atom. The van der Waals surface area contributed by atoms with Crippen LogP contribution in [0.1, 0.15) is 34.6 Å². The molecule has 29 heavy (non-hydrogen) atoms. The Hall–Kier alpha value is -3.03. The molecule has 0 spiro atoms. The molecule has 2 aromatic carbocycles. The van der Waals surface area contributed by atoms with Crippen LogP contribution in [-0.4, -0.2) is 31.3 Å². The van der Waals surface area contributed by atoms with Gasteiger partial charge in [0.25, 0.3) is 5.91 Å². The Kier molecular flexibility index (Phi) is 6.41. The molecule has 6 nitrogen and oxygen atoms in total. The number of carbonyl (C=O) groups is 1. The highest BCUT2D eigenvalue weighted by molar-refractivity contribution is 7.89. The average molecular weight is 410 g/mol. The first kappa shape index (κ1) is 20.7. The molecule has 1 unspecified atom stereocenters. The van der Waals surface area contributed by atoms with Crippen molar-refractivity contribution < 1.29 is 13.2 Å². The van der Waals surface area contributed by atoms with Gasteiger partial charge in [-0.25, -0.2) is 13.1 Å². The largest absolute Gasteiger partial charge is 0.333 e. The molecule has 1 N–H and O–H groups in total. The second-order valence-corrected chi connectivity index (χ2v) is 8.45. The molecule has 0 radical (unpaired) electrons. The number of aromatic nitrogens is 1. The van der Waals surface area contributed by atoms with Crippen LogP contribution in [-0.2, 0) is 16.6 Å². The zero-order valence-electron chi connectivity index (χ0n) is 16.3. The summed E-state index contributed by atoms with van der Waals surface area (Å²) in [6, 6.07) is 20.6. The summed E-state index contributed by atoms with van der Waals surface area (Å²) in [5.74, 6) is -0.275. The molecule has 0 aliphatic rings. The van der Waals surface area contributed by atoms with E-state index in [9.17, 15) is 13.2 Å². The van der Waals surface area contributed by atoms with Gasteiger partial charge < -0.3 is 4.90 Å². The summed E-state index contributed by atoms with van der Waals surface area (Å²) < 4.78 is 27.9. The molecule has 3 rings (SSSR count). The Labute approximate surface area is 171 Å². The van der Waals surface area contributed by atoms with Crippen LogP contribution in [0.15, 0.2) is 83.9 Å². The number of hydrogen-bond acceptors (Lipinski definition) is 4. The Morgan fingerprint density at radius 1 is 1.03 bits per heavy atom. The van der Waals surface area contributed by atoms with Gasteiger partial charge in [0.05, 0.1) is 16.6 Å². The second-order valence-electron chi connectivity index (χ2n) is 6.68. The number of sulfonamides is 1. The molecule has 0 fully saturated rings. The second kappa shape index (κ2) is 8.98. The predicted molar refractivity (Wildman–Crippen MR) is 112 cm³/mol. The molecule has 0 saturated heterocycles. The summed E-state index contributed by atoms with van der Waals surface area (Å²) in [4.78, 5) is 18.8. The number of amides is 1. The third-order valence-corrected chi connectivity index (χ3v) is 6.12. The summed E-state index contributed by atoms with van der Waals surface area (Å²) in [6.45, 7) is 2.06. The maximum absolute atomic E-state index is 12.9. The normalized spacial score (nSPS) is 12.3. The molecule has 0 bridgehead atoms. The van der Waals surface area contributed by atoms with Crippen molar-refractivity contribution in [3.8, 4) is 0 Å². The molecule has 0 aliphatic heterocycles. The van der Waals surface area contributed by atoms with Gasteiger partial charge in [-0.15, -0.1) is 0 Å². The van der Waals surface area contributed by atoms with Crippen molar-refractivity contribution in [1.82, 2.24) is 14.6 Å². The van der Waals surface area contributed by atoms with E-state index in [1.807, 2.05) is 55.5 Å². The lowest BCUT2D eigenvalue weighted by atomic mass is 10.1. The summed E-state index contributed by atoms with van der Waals surface area (Å²) in [5.41, 5.74) is 1.92. The van der Waals surface area contributed by atoms with Crippen molar-refractivity contribution in [2.45, 2.75) is 24.4 Å². The van der Waals surface area contributed by atoms with Gasteiger partial charge in [0.1, 0.15) is 0 Å². The van der Waals surface area contributed by atoms with Crippen LogP contribution in [0.5, 0.6) is 0 Å². The number of nitrogens with zero attached hydrogens (tertiary/aromatic N) is 2. The quantitative estimate of drug-likeness (QED) is 0.649. The van der Waals surface area contributed by atoms with Gasteiger partial charge in [0, 0.05) is 25.4 Å². The van der Waals surface area contributed by atoms with E-state index in [2.05, 4.69) is 9.71 Å². The zero-order chi connectivity index (χ0) is 20.9. The van der Waals surface area contributed by atoms with E-state index in [-0.39, 0.29) is 23.4 Å². The SMILES string of the molecule is CC(c1ccccn1)N(C)C(=O)c1cccc(S(=O)(=O)NCc2ccccc2)c1. The van der Waals surface area contributed by atoms with Crippen LogP contribution in [0.25, 0.3) is 0 Å². The van der Waals surface area contributed by atoms with Gasteiger partial charge in [0.15, 0.2) is 0 Å². The average Bonchev–Trinajstić information content (AvgIpc) is 2.77. The Bertz CT molecular complexity index is 1070. The summed E-state index contributed by atoms with van der Waals surface area (Å²) in [5, 5.41) is 0. The van der Waals surface area contributed by atoms with Crippen LogP contribution in [0, 0.1) is 0 Å². The van der Waals surface area contributed by atoms with Gasteiger partial charge >= 0.3 is 0 Å². The van der Waals surface area contributed by atoms with Crippen molar-refractivity contribution in [2.24, 2.45) is 0 Å². The fraction of sp³-hybridized carbons (Fsp3) is 0.182. The van der Waals surface area contributed by atoms with E-state index in [0.717, 1.165) is 11.3 Å². The Balaban J connectivity index is 1.76. The maximum Gasteiger partial charge on any atom is 0.254 e. The van der Waals surface area contributed by atoms with E-state index in [4.69, 9.17) is 0 Å². The third kappa shape index (κ3) is 5.07. The molecule has 1 amide bonds. The summed E-state index contributed by atoms with van der Waals surface area (Å²) in [7, 11) is -2.07. The Morgan fingerprint density at radius 3 is 2.45 bits per heavy atom. The van der Waals surface area contributed by atoms with Crippen LogP contribution in [0.3, 0.4) is 0 Å². The van der Waals surface area contributed by atoms with E-state index >= 15 is 0 Å². The molecule has 1 heterocycles. The van der Waals surface area contributed by atoms with E-state index < -0.39 is 10.0 Å². The van der Waals surface area contributed by atoms with Gasteiger partial charge in [-0.05, 0) is 42.8 Å². The standard InChI is InChI=1S/C22H23N3O3S/c1-17(21-13-6-7-14-23-21)25(2)22(26)19-11-8-12-20(15-19)29(27,28)24-16-18-9-4-3-5-10-18/h3-15,17,24H,16H2,1-2H3. The number of benzene rings is 2. The summed E-state index contributed by atoms with van der Waals surface area (Å²) >= 11 is 0. The van der Waals surface area contributed by atoms with Crippen LogP contribution >= 0.6 is 0 Å². The summed E-state index contributed by atoms with van der Waals surface area (Å²) in [6.07, 6.45) is 1.68. The van der Waals surface area contributed by atoms with E-state index in [1.165, 1.54) is 12.1 Å². The minimum absolute atomic E-state index is 0.0539. The van der Waals surface area contributed by atoms with Crippen LogP contribution < -0.4 is 4.72 Å². The van der Waals surface area contributed by atoms with E-state index in [0.29, 0.717) is 5.56 Å². The number of hydrogen-bond donors (Lipinski definition) is 1. The van der Waals surface area contributed by atoms with Gasteiger partial charge in [-0.3, -0.25) is 9.78 Å². The molecule has 0 aliphatic carbocycles. The van der Waals surface area contributed by atoms with Gasteiger partial charge in [0.2, 0.25) is 10.0 Å². The van der Waals surface area contributed by atoms with E-state index in [1.54, 1.807) is 30.3 Å². The highest BCUT2D eigenvalue weighted by Crippen LogP contribution is 2.20. The lowest BCUT2D eigenvalue weighted by molar-refractivity contribution is 0.0739. The maximum atomic E-state index is 12.9.